The maximum atomic E-state index is 12.5. The van der Waals surface area contributed by atoms with E-state index < -0.39 is 5.60 Å². The Kier molecular flexibility index (Phi) is 4.38. The van der Waals surface area contributed by atoms with E-state index in [9.17, 15) is 4.79 Å². The molecule has 0 aliphatic carbocycles. The minimum absolute atomic E-state index is 0.167. The van der Waals surface area contributed by atoms with Crippen molar-refractivity contribution in [1.82, 2.24) is 0 Å². The first-order valence-electron chi connectivity index (χ1n) is 6.73. The first-order valence-corrected chi connectivity index (χ1v) is 7.61. The van der Waals surface area contributed by atoms with E-state index in [4.69, 9.17) is 4.74 Å². The van der Waals surface area contributed by atoms with Gasteiger partial charge >= 0.3 is 0 Å². The molecule has 2 rings (SSSR count). The van der Waals surface area contributed by atoms with E-state index in [0.717, 1.165) is 5.56 Å². The molecule has 1 aromatic heterocycles. The molecular formula is C16H20O2S. The molecule has 2 nitrogen and oxygen atoms in total. The highest BCUT2D eigenvalue weighted by atomic mass is 32.1. The van der Waals surface area contributed by atoms with E-state index >= 15 is 0 Å². The number of thiophene rings is 1. The Bertz CT molecular complexity index is 573. The fourth-order valence-electron chi connectivity index (χ4n) is 2.23. The minimum Gasteiger partial charge on any atom is -0.368 e. The molecule has 3 heteroatoms. The SMILES string of the molecule is CCOC(C)(CC)C(=O)Cc1csc2ccccc12. The molecule has 0 aliphatic rings. The molecule has 0 bridgehead atoms. The van der Waals surface area contributed by atoms with Crippen LogP contribution in [0.4, 0.5) is 0 Å². The monoisotopic (exact) mass is 276 g/mol. The molecule has 0 spiro atoms. The number of hydrogen-bond acceptors (Lipinski definition) is 3. The van der Waals surface area contributed by atoms with Crippen LogP contribution in [-0.2, 0) is 16.0 Å². The first kappa shape index (κ1) is 14.2. The van der Waals surface area contributed by atoms with Gasteiger partial charge in [-0.05, 0) is 42.7 Å². The van der Waals surface area contributed by atoms with Crippen molar-refractivity contribution in [2.45, 2.75) is 39.2 Å². The average Bonchev–Trinajstić information content (AvgIpc) is 2.82. The molecule has 0 fully saturated rings. The zero-order valence-corrected chi connectivity index (χ0v) is 12.5. The highest BCUT2D eigenvalue weighted by molar-refractivity contribution is 7.17. The van der Waals surface area contributed by atoms with Crippen molar-refractivity contribution in [3.05, 3.63) is 35.2 Å². The molecule has 1 atom stereocenters. The Morgan fingerprint density at radius 1 is 1.32 bits per heavy atom. The largest absolute Gasteiger partial charge is 0.368 e. The van der Waals surface area contributed by atoms with E-state index in [2.05, 4.69) is 17.5 Å². The van der Waals surface area contributed by atoms with Gasteiger partial charge in [0, 0.05) is 17.7 Å². The number of hydrogen-bond donors (Lipinski definition) is 0. The van der Waals surface area contributed by atoms with Crippen molar-refractivity contribution < 1.29 is 9.53 Å². The van der Waals surface area contributed by atoms with Crippen LogP contribution in [0.5, 0.6) is 0 Å². The molecule has 0 radical (unpaired) electrons. The minimum atomic E-state index is -0.655. The van der Waals surface area contributed by atoms with Crippen LogP contribution in [0.3, 0.4) is 0 Å². The Hall–Kier alpha value is -1.19. The molecule has 1 unspecified atom stereocenters. The summed E-state index contributed by atoms with van der Waals surface area (Å²) in [6.45, 7) is 6.40. The van der Waals surface area contributed by atoms with Crippen LogP contribution in [-0.4, -0.2) is 18.0 Å². The van der Waals surface area contributed by atoms with Gasteiger partial charge in [0.15, 0.2) is 5.78 Å². The quantitative estimate of drug-likeness (QED) is 0.789. The highest BCUT2D eigenvalue weighted by Gasteiger charge is 2.31. The van der Waals surface area contributed by atoms with Gasteiger partial charge < -0.3 is 4.74 Å². The highest BCUT2D eigenvalue weighted by Crippen LogP contribution is 2.28. The van der Waals surface area contributed by atoms with Crippen molar-refractivity contribution in [1.29, 1.82) is 0 Å². The Balaban J connectivity index is 2.23. The summed E-state index contributed by atoms with van der Waals surface area (Å²) in [7, 11) is 0. The summed E-state index contributed by atoms with van der Waals surface area (Å²) in [4.78, 5) is 12.5. The number of ether oxygens (including phenoxy) is 1. The molecule has 0 amide bonds. The van der Waals surface area contributed by atoms with Gasteiger partial charge in [-0.2, -0.15) is 0 Å². The number of carbonyl (C=O) groups is 1. The molecule has 1 heterocycles. The summed E-state index contributed by atoms with van der Waals surface area (Å²) in [6, 6.07) is 8.22. The van der Waals surface area contributed by atoms with E-state index in [-0.39, 0.29) is 5.78 Å². The van der Waals surface area contributed by atoms with Gasteiger partial charge in [0.2, 0.25) is 0 Å². The van der Waals surface area contributed by atoms with Crippen LogP contribution in [0.25, 0.3) is 10.1 Å². The second-order valence-electron chi connectivity index (χ2n) is 4.87. The van der Waals surface area contributed by atoms with Crippen LogP contribution < -0.4 is 0 Å². The second kappa shape index (κ2) is 5.85. The molecule has 0 saturated carbocycles. The van der Waals surface area contributed by atoms with Crippen LogP contribution in [0, 0.1) is 0 Å². The third-order valence-electron chi connectivity index (χ3n) is 3.64. The average molecular weight is 276 g/mol. The Morgan fingerprint density at radius 3 is 2.74 bits per heavy atom. The lowest BCUT2D eigenvalue weighted by Crippen LogP contribution is -2.39. The Labute approximate surface area is 118 Å². The Morgan fingerprint density at radius 2 is 2.05 bits per heavy atom. The second-order valence-corrected chi connectivity index (χ2v) is 5.79. The molecule has 102 valence electrons. The van der Waals surface area contributed by atoms with E-state index in [1.807, 2.05) is 32.9 Å². The lowest BCUT2D eigenvalue weighted by Gasteiger charge is -2.26. The molecule has 0 aliphatic heterocycles. The van der Waals surface area contributed by atoms with Crippen LogP contribution >= 0.6 is 11.3 Å². The third-order valence-corrected chi connectivity index (χ3v) is 4.65. The standard InChI is InChI=1S/C16H20O2S/c1-4-16(3,18-5-2)15(17)10-12-11-19-14-9-7-6-8-13(12)14/h6-9,11H,4-5,10H2,1-3H3. The van der Waals surface area contributed by atoms with E-state index in [1.54, 1.807) is 11.3 Å². The fraction of sp³-hybridized carbons (Fsp3) is 0.438. The number of benzene rings is 1. The maximum absolute atomic E-state index is 12.5. The smallest absolute Gasteiger partial charge is 0.168 e. The fourth-order valence-corrected chi connectivity index (χ4v) is 3.19. The van der Waals surface area contributed by atoms with Crippen molar-refractivity contribution >= 4 is 27.2 Å². The molecule has 2 aromatic rings. The number of ketones is 1. The van der Waals surface area contributed by atoms with Gasteiger partial charge in [-0.25, -0.2) is 0 Å². The topological polar surface area (TPSA) is 26.3 Å². The summed E-state index contributed by atoms with van der Waals surface area (Å²) < 4.78 is 6.89. The predicted octanol–water partition coefficient (Wildman–Crippen LogP) is 4.22. The number of Topliss-reactive ketones (excluding diaryl/α,β-unsaturated/α-hetero) is 1. The predicted molar refractivity (Wildman–Crippen MR) is 80.9 cm³/mol. The van der Waals surface area contributed by atoms with Crippen LogP contribution in [0.15, 0.2) is 29.6 Å². The molecular weight excluding hydrogens is 256 g/mol. The summed E-state index contributed by atoms with van der Waals surface area (Å²) in [5, 5.41) is 3.28. The number of carbonyl (C=O) groups excluding carboxylic acids is 1. The van der Waals surface area contributed by atoms with Gasteiger partial charge in [-0.15, -0.1) is 11.3 Å². The number of rotatable bonds is 6. The maximum Gasteiger partial charge on any atom is 0.168 e. The van der Waals surface area contributed by atoms with Crippen molar-refractivity contribution in [2.24, 2.45) is 0 Å². The van der Waals surface area contributed by atoms with Crippen molar-refractivity contribution in [3.63, 3.8) is 0 Å². The molecule has 1 aromatic carbocycles. The lowest BCUT2D eigenvalue weighted by molar-refractivity contribution is -0.141. The molecule has 19 heavy (non-hydrogen) atoms. The zero-order valence-electron chi connectivity index (χ0n) is 11.7. The normalized spacial score (nSPS) is 14.5. The summed E-state index contributed by atoms with van der Waals surface area (Å²) in [5.41, 5.74) is 0.461. The summed E-state index contributed by atoms with van der Waals surface area (Å²) in [6.07, 6.45) is 1.16. The van der Waals surface area contributed by atoms with Gasteiger partial charge in [0.05, 0.1) is 0 Å². The van der Waals surface area contributed by atoms with Gasteiger partial charge in [-0.3, -0.25) is 4.79 Å². The van der Waals surface area contributed by atoms with Gasteiger partial charge in [0.25, 0.3) is 0 Å². The van der Waals surface area contributed by atoms with Gasteiger partial charge in [-0.1, -0.05) is 25.1 Å². The first-order chi connectivity index (χ1) is 9.10. The van der Waals surface area contributed by atoms with E-state index in [1.165, 1.54) is 10.1 Å². The van der Waals surface area contributed by atoms with Crippen LogP contribution in [0.1, 0.15) is 32.8 Å². The number of fused-ring (bicyclic) bond motifs is 1. The van der Waals surface area contributed by atoms with E-state index in [0.29, 0.717) is 19.4 Å². The van der Waals surface area contributed by atoms with Crippen LogP contribution in [0.2, 0.25) is 0 Å². The van der Waals surface area contributed by atoms with Crippen molar-refractivity contribution in [3.8, 4) is 0 Å². The zero-order chi connectivity index (χ0) is 13.9. The lowest BCUT2D eigenvalue weighted by atomic mass is 9.92. The van der Waals surface area contributed by atoms with Crippen molar-refractivity contribution in [2.75, 3.05) is 6.61 Å². The summed E-state index contributed by atoms with van der Waals surface area (Å²) >= 11 is 1.69. The van der Waals surface area contributed by atoms with Gasteiger partial charge in [0.1, 0.15) is 5.60 Å². The third kappa shape index (κ3) is 2.88. The molecule has 0 saturated heterocycles. The summed E-state index contributed by atoms with van der Waals surface area (Å²) in [5.74, 6) is 0.167. The molecule has 0 N–H and O–H groups in total.